The molecule has 1 aromatic heterocycles. The van der Waals surface area contributed by atoms with Gasteiger partial charge in [-0.2, -0.15) is 0 Å². The van der Waals surface area contributed by atoms with E-state index in [1.807, 2.05) is 12.1 Å². The normalized spacial score (nSPS) is 19.4. The van der Waals surface area contributed by atoms with E-state index in [0.717, 1.165) is 5.56 Å². The third-order valence-electron chi connectivity index (χ3n) is 4.12. The highest BCUT2D eigenvalue weighted by molar-refractivity contribution is 7.99. The van der Waals surface area contributed by atoms with Gasteiger partial charge in [0.1, 0.15) is 11.3 Å². The van der Waals surface area contributed by atoms with Gasteiger partial charge in [-0.15, -0.1) is 11.8 Å². The van der Waals surface area contributed by atoms with Crippen LogP contribution in [-0.2, 0) is 21.9 Å². The van der Waals surface area contributed by atoms with E-state index in [9.17, 15) is 14.0 Å². The molecule has 1 aromatic carbocycles. The predicted molar refractivity (Wildman–Crippen MR) is 102 cm³/mol. The van der Waals surface area contributed by atoms with Gasteiger partial charge in [0.2, 0.25) is 11.8 Å². The standard InChI is InChI=1S/C19H21FN4O2S/c20-16-6-2-1-5-14(16)12-27-19-23-15(9-18(26)24-19)8-17(25)22-11-13-4-3-7-21-10-13/h1-7,10,15,19,23H,8-9,11-12H2,(H,22,25)(H,24,26). The van der Waals surface area contributed by atoms with Crippen LogP contribution in [0.1, 0.15) is 24.0 Å². The zero-order valence-electron chi connectivity index (χ0n) is 14.7. The number of pyridine rings is 1. The highest BCUT2D eigenvalue weighted by Crippen LogP contribution is 2.20. The van der Waals surface area contributed by atoms with Crippen LogP contribution in [0, 0.1) is 5.82 Å². The molecule has 2 aromatic rings. The lowest BCUT2D eigenvalue weighted by atomic mass is 10.1. The number of aromatic nitrogens is 1. The number of hydrogen-bond donors (Lipinski definition) is 3. The van der Waals surface area contributed by atoms with E-state index in [1.165, 1.54) is 17.8 Å². The molecule has 8 heteroatoms. The molecule has 0 spiro atoms. The van der Waals surface area contributed by atoms with Crippen molar-refractivity contribution in [3.8, 4) is 0 Å². The summed E-state index contributed by atoms with van der Waals surface area (Å²) in [5.41, 5.74) is 1.13. The van der Waals surface area contributed by atoms with Crippen molar-refractivity contribution in [2.75, 3.05) is 0 Å². The van der Waals surface area contributed by atoms with Crippen molar-refractivity contribution in [1.29, 1.82) is 0 Å². The van der Waals surface area contributed by atoms with E-state index in [1.54, 1.807) is 30.6 Å². The fourth-order valence-electron chi connectivity index (χ4n) is 2.75. The van der Waals surface area contributed by atoms with Crippen LogP contribution in [0.5, 0.6) is 0 Å². The maximum Gasteiger partial charge on any atom is 0.223 e. The maximum absolute atomic E-state index is 13.7. The number of halogens is 1. The number of rotatable bonds is 7. The molecule has 0 bridgehead atoms. The minimum Gasteiger partial charge on any atom is -0.352 e. The number of nitrogens with one attached hydrogen (secondary N) is 3. The van der Waals surface area contributed by atoms with Gasteiger partial charge in [0.15, 0.2) is 0 Å². The van der Waals surface area contributed by atoms with Gasteiger partial charge in [-0.3, -0.25) is 19.9 Å². The van der Waals surface area contributed by atoms with Crippen molar-refractivity contribution in [3.63, 3.8) is 0 Å². The summed E-state index contributed by atoms with van der Waals surface area (Å²) in [6.45, 7) is 0.400. The molecule has 1 aliphatic rings. The van der Waals surface area contributed by atoms with Crippen molar-refractivity contribution in [3.05, 3.63) is 65.7 Å². The number of carbonyl (C=O) groups is 2. The Hall–Kier alpha value is -2.45. The van der Waals surface area contributed by atoms with Gasteiger partial charge in [0.05, 0.1) is 0 Å². The van der Waals surface area contributed by atoms with Crippen LogP contribution in [0.3, 0.4) is 0 Å². The molecule has 1 fully saturated rings. The van der Waals surface area contributed by atoms with E-state index in [0.29, 0.717) is 17.9 Å². The van der Waals surface area contributed by atoms with E-state index >= 15 is 0 Å². The van der Waals surface area contributed by atoms with E-state index < -0.39 is 0 Å². The summed E-state index contributed by atoms with van der Waals surface area (Å²) in [5.74, 6) is -0.0999. The molecule has 27 heavy (non-hydrogen) atoms. The average Bonchev–Trinajstić information content (AvgIpc) is 2.66. The fraction of sp³-hybridized carbons (Fsp3) is 0.316. The quantitative estimate of drug-likeness (QED) is 0.675. The molecule has 2 atom stereocenters. The van der Waals surface area contributed by atoms with Crippen molar-refractivity contribution in [1.82, 2.24) is 20.9 Å². The predicted octanol–water partition coefficient (Wildman–Crippen LogP) is 1.92. The Labute approximate surface area is 161 Å². The maximum atomic E-state index is 13.7. The Kier molecular flexibility index (Phi) is 6.78. The minimum atomic E-state index is -0.359. The Balaban J connectivity index is 1.47. The molecule has 142 valence electrons. The van der Waals surface area contributed by atoms with Gasteiger partial charge in [0, 0.05) is 43.6 Å². The van der Waals surface area contributed by atoms with Crippen LogP contribution >= 0.6 is 11.8 Å². The molecule has 1 aliphatic heterocycles. The zero-order chi connectivity index (χ0) is 19.1. The van der Waals surface area contributed by atoms with Crippen molar-refractivity contribution >= 4 is 23.6 Å². The van der Waals surface area contributed by atoms with Crippen LogP contribution in [-0.4, -0.2) is 28.3 Å². The van der Waals surface area contributed by atoms with Crippen LogP contribution in [0.2, 0.25) is 0 Å². The minimum absolute atomic E-state index is 0.121. The van der Waals surface area contributed by atoms with Gasteiger partial charge in [-0.25, -0.2) is 4.39 Å². The first-order valence-electron chi connectivity index (χ1n) is 8.66. The second-order valence-corrected chi connectivity index (χ2v) is 7.35. The van der Waals surface area contributed by atoms with Crippen LogP contribution in [0.15, 0.2) is 48.8 Å². The van der Waals surface area contributed by atoms with Gasteiger partial charge >= 0.3 is 0 Å². The molecular weight excluding hydrogens is 367 g/mol. The van der Waals surface area contributed by atoms with Crippen molar-refractivity contribution in [2.45, 2.75) is 36.7 Å². The Bertz CT molecular complexity index is 790. The molecule has 1 saturated heterocycles. The summed E-state index contributed by atoms with van der Waals surface area (Å²) < 4.78 is 13.7. The third-order valence-corrected chi connectivity index (χ3v) is 5.18. The molecular formula is C19H21FN4O2S. The summed E-state index contributed by atoms with van der Waals surface area (Å²) in [7, 11) is 0. The third kappa shape index (κ3) is 6.04. The molecule has 3 N–H and O–H groups in total. The molecule has 0 radical (unpaired) electrons. The first-order valence-corrected chi connectivity index (χ1v) is 9.71. The van der Waals surface area contributed by atoms with Gasteiger partial charge in [0.25, 0.3) is 0 Å². The average molecular weight is 388 g/mol. The summed E-state index contributed by atoms with van der Waals surface area (Å²) in [5, 5.41) is 8.89. The number of thioether (sulfide) groups is 1. The van der Waals surface area contributed by atoms with E-state index in [4.69, 9.17) is 0 Å². The Morgan fingerprint density at radius 2 is 2.15 bits per heavy atom. The number of carbonyl (C=O) groups excluding carboxylic acids is 2. The second-order valence-electron chi connectivity index (χ2n) is 6.26. The zero-order valence-corrected chi connectivity index (χ0v) is 15.5. The first kappa shape index (κ1) is 19.3. The Morgan fingerprint density at radius 1 is 1.30 bits per heavy atom. The van der Waals surface area contributed by atoms with Crippen molar-refractivity contribution in [2.24, 2.45) is 0 Å². The van der Waals surface area contributed by atoms with Crippen LogP contribution in [0.4, 0.5) is 4.39 Å². The highest BCUT2D eigenvalue weighted by atomic mass is 32.2. The molecule has 0 aliphatic carbocycles. The van der Waals surface area contributed by atoms with E-state index in [-0.39, 0.29) is 42.0 Å². The lowest BCUT2D eigenvalue weighted by Gasteiger charge is -2.31. The summed E-state index contributed by atoms with van der Waals surface area (Å²) >= 11 is 1.39. The molecule has 2 amide bonds. The van der Waals surface area contributed by atoms with Gasteiger partial charge in [-0.05, 0) is 23.3 Å². The lowest BCUT2D eigenvalue weighted by Crippen LogP contribution is -2.55. The molecule has 3 rings (SSSR count). The van der Waals surface area contributed by atoms with E-state index in [2.05, 4.69) is 20.9 Å². The monoisotopic (exact) mass is 388 g/mol. The van der Waals surface area contributed by atoms with Gasteiger partial charge in [-0.1, -0.05) is 24.3 Å². The fourth-order valence-corrected chi connectivity index (χ4v) is 3.84. The molecule has 0 saturated carbocycles. The molecule has 6 nitrogen and oxygen atoms in total. The number of nitrogens with zero attached hydrogens (tertiary/aromatic N) is 1. The highest BCUT2D eigenvalue weighted by Gasteiger charge is 2.27. The van der Waals surface area contributed by atoms with Crippen LogP contribution in [0.25, 0.3) is 0 Å². The number of amides is 2. The summed E-state index contributed by atoms with van der Waals surface area (Å²) in [6, 6.07) is 9.99. The summed E-state index contributed by atoms with van der Waals surface area (Å²) in [6.07, 6.45) is 3.80. The largest absolute Gasteiger partial charge is 0.352 e. The summed E-state index contributed by atoms with van der Waals surface area (Å²) in [4.78, 5) is 28.1. The first-order chi connectivity index (χ1) is 13.1. The Morgan fingerprint density at radius 3 is 2.93 bits per heavy atom. The van der Waals surface area contributed by atoms with Crippen molar-refractivity contribution < 1.29 is 14.0 Å². The lowest BCUT2D eigenvalue weighted by molar-refractivity contribution is -0.125. The topological polar surface area (TPSA) is 83.1 Å². The number of benzene rings is 1. The smallest absolute Gasteiger partial charge is 0.223 e. The molecule has 2 unspecified atom stereocenters. The number of hydrogen-bond acceptors (Lipinski definition) is 5. The molecule has 2 heterocycles. The van der Waals surface area contributed by atoms with Gasteiger partial charge < -0.3 is 10.6 Å². The SMILES string of the molecule is O=C(CC1CC(=O)NC(SCc2ccccc2F)N1)NCc1cccnc1. The second kappa shape index (κ2) is 9.48. The van der Waals surface area contributed by atoms with Crippen LogP contribution < -0.4 is 16.0 Å².